The standard InChI is InChI=1S/C23H14NO.BF4/c1-2-9-16-15(7-1)8-5-12-19(16)23-22-18-11-4-3-10-17(18)20-13-6-14-21(25-23)24(20)22;2-1(3,4)5/h1-14H;/q+1;-1. The van der Waals surface area contributed by atoms with Crippen LogP contribution in [0, 0.1) is 0 Å². The maximum absolute atomic E-state index is 9.75. The van der Waals surface area contributed by atoms with Crippen LogP contribution in [0.1, 0.15) is 0 Å². The van der Waals surface area contributed by atoms with Crippen LogP contribution in [0.25, 0.3) is 50.3 Å². The van der Waals surface area contributed by atoms with Gasteiger partial charge in [-0.25, -0.2) is 0 Å². The predicted molar refractivity (Wildman–Crippen MR) is 109 cm³/mol. The number of aromatic nitrogens is 1. The zero-order valence-electron chi connectivity index (χ0n) is 15.5. The lowest BCUT2D eigenvalue weighted by molar-refractivity contribution is -0.485. The summed E-state index contributed by atoms with van der Waals surface area (Å²) in [6.45, 7) is 0. The Kier molecular flexibility index (Phi) is 4.13. The molecule has 3 heterocycles. The van der Waals surface area contributed by atoms with Crippen molar-refractivity contribution in [2.24, 2.45) is 0 Å². The van der Waals surface area contributed by atoms with Crippen molar-refractivity contribution in [2.75, 3.05) is 0 Å². The number of oxazole rings is 1. The van der Waals surface area contributed by atoms with Crippen LogP contribution in [-0.2, 0) is 0 Å². The second kappa shape index (κ2) is 6.73. The van der Waals surface area contributed by atoms with Crippen molar-refractivity contribution >= 4 is 23.7 Å². The molecule has 6 rings (SSSR count). The van der Waals surface area contributed by atoms with E-state index in [0.717, 1.165) is 22.7 Å². The van der Waals surface area contributed by atoms with Crippen LogP contribution < -0.4 is 4.40 Å². The first kappa shape index (κ1) is 18.4. The van der Waals surface area contributed by atoms with Crippen molar-refractivity contribution in [3.05, 3.63) is 84.9 Å². The van der Waals surface area contributed by atoms with Gasteiger partial charge >= 0.3 is 13.0 Å². The average molecular weight is 407 g/mol. The molecule has 7 heteroatoms. The summed E-state index contributed by atoms with van der Waals surface area (Å²) in [5, 5.41) is 2.44. The SMILES string of the molecule is F[B-](F)(F)F.c1ccc2c(c1)-c1cccc3oc(-c4cccc5ccccc45)c-2[n+]13. The summed E-state index contributed by atoms with van der Waals surface area (Å²) in [7, 11) is -6.00. The van der Waals surface area contributed by atoms with Crippen LogP contribution in [0.15, 0.2) is 89.3 Å². The molecule has 0 saturated heterocycles. The van der Waals surface area contributed by atoms with E-state index in [-0.39, 0.29) is 0 Å². The molecule has 0 unspecified atom stereocenters. The van der Waals surface area contributed by atoms with Crippen molar-refractivity contribution in [3.63, 3.8) is 0 Å². The predicted octanol–water partition coefficient (Wildman–Crippen LogP) is 6.79. The van der Waals surface area contributed by atoms with Gasteiger partial charge in [0.1, 0.15) is 0 Å². The molecule has 148 valence electrons. The third-order valence-corrected chi connectivity index (χ3v) is 5.09. The molecular formula is C23H14BF4NO. The normalized spacial score (nSPS) is 12.0. The molecule has 0 fully saturated rings. The van der Waals surface area contributed by atoms with Gasteiger partial charge in [0, 0.05) is 11.6 Å². The summed E-state index contributed by atoms with van der Waals surface area (Å²) in [6.07, 6.45) is 0. The average Bonchev–Trinajstić information content (AvgIpc) is 3.27. The van der Waals surface area contributed by atoms with Gasteiger partial charge in [0.05, 0.1) is 17.2 Å². The van der Waals surface area contributed by atoms with Gasteiger partial charge in [0.25, 0.3) is 5.69 Å². The molecule has 1 aliphatic rings. The summed E-state index contributed by atoms with van der Waals surface area (Å²) in [5.41, 5.74) is 6.86. The summed E-state index contributed by atoms with van der Waals surface area (Å²) in [5.74, 6) is 0.939. The smallest absolute Gasteiger partial charge is 0.418 e. The van der Waals surface area contributed by atoms with Gasteiger partial charge in [-0.2, -0.15) is 0 Å². The molecule has 0 bridgehead atoms. The second-order valence-electron chi connectivity index (χ2n) is 6.93. The Hall–Kier alpha value is -3.61. The second-order valence-corrected chi connectivity index (χ2v) is 6.93. The highest BCUT2D eigenvalue weighted by Gasteiger charge is 2.37. The van der Waals surface area contributed by atoms with Crippen LogP contribution in [-0.4, -0.2) is 7.25 Å². The lowest BCUT2D eigenvalue weighted by atomic mass is 9.98. The van der Waals surface area contributed by atoms with Crippen molar-refractivity contribution in [3.8, 4) is 33.8 Å². The Labute approximate surface area is 169 Å². The van der Waals surface area contributed by atoms with Crippen LogP contribution in [0.3, 0.4) is 0 Å². The Morgan fingerprint density at radius 3 is 2.03 bits per heavy atom. The molecule has 2 nitrogen and oxygen atoms in total. The Balaban J connectivity index is 0.000000349. The van der Waals surface area contributed by atoms with Gasteiger partial charge in [-0.15, -0.1) is 4.40 Å². The number of nitrogens with zero attached hydrogens (tertiary/aromatic N) is 1. The lowest BCUT2D eigenvalue weighted by Crippen LogP contribution is -2.20. The van der Waals surface area contributed by atoms with E-state index >= 15 is 0 Å². The monoisotopic (exact) mass is 407 g/mol. The molecule has 0 atom stereocenters. The van der Waals surface area contributed by atoms with E-state index in [1.54, 1.807) is 0 Å². The third kappa shape index (κ3) is 3.03. The molecule has 30 heavy (non-hydrogen) atoms. The molecule has 0 spiro atoms. The van der Waals surface area contributed by atoms with E-state index < -0.39 is 7.25 Å². The maximum Gasteiger partial charge on any atom is 0.673 e. The lowest BCUT2D eigenvalue weighted by Gasteiger charge is -2.03. The highest BCUT2D eigenvalue weighted by molar-refractivity contribution is 6.50. The van der Waals surface area contributed by atoms with Gasteiger partial charge in [-0.05, 0) is 29.0 Å². The molecule has 0 saturated carbocycles. The van der Waals surface area contributed by atoms with E-state index in [1.807, 2.05) is 6.07 Å². The molecule has 0 aliphatic carbocycles. The quantitative estimate of drug-likeness (QED) is 0.167. The summed E-state index contributed by atoms with van der Waals surface area (Å²) in [6, 6.07) is 29.7. The Morgan fingerprint density at radius 1 is 0.633 bits per heavy atom. The summed E-state index contributed by atoms with van der Waals surface area (Å²) in [4.78, 5) is 0. The molecular weight excluding hydrogens is 393 g/mol. The van der Waals surface area contributed by atoms with Crippen LogP contribution in [0.4, 0.5) is 17.3 Å². The Bertz CT molecular complexity index is 1400. The summed E-state index contributed by atoms with van der Waals surface area (Å²) < 4.78 is 47.6. The van der Waals surface area contributed by atoms with Crippen molar-refractivity contribution in [2.45, 2.75) is 0 Å². The minimum absolute atomic E-state index is 0.881. The fourth-order valence-corrected chi connectivity index (χ4v) is 4.03. The number of pyridine rings is 1. The van der Waals surface area contributed by atoms with Gasteiger partial charge < -0.3 is 21.7 Å². The zero-order valence-corrected chi connectivity index (χ0v) is 15.5. The Morgan fingerprint density at radius 2 is 1.23 bits per heavy atom. The topological polar surface area (TPSA) is 17.2 Å². The number of benzene rings is 3. The molecule has 2 aromatic heterocycles. The molecule has 5 aromatic rings. The first-order valence-corrected chi connectivity index (χ1v) is 9.34. The van der Waals surface area contributed by atoms with Crippen LogP contribution in [0.5, 0.6) is 0 Å². The zero-order chi connectivity index (χ0) is 20.9. The number of halogens is 4. The minimum Gasteiger partial charge on any atom is -0.418 e. The molecule has 1 aliphatic heterocycles. The number of fused-ring (bicyclic) bond motifs is 4. The van der Waals surface area contributed by atoms with Crippen molar-refractivity contribution < 1.29 is 26.1 Å². The van der Waals surface area contributed by atoms with Crippen molar-refractivity contribution in [1.82, 2.24) is 0 Å². The van der Waals surface area contributed by atoms with E-state index in [1.165, 1.54) is 27.6 Å². The van der Waals surface area contributed by atoms with Crippen LogP contribution in [0.2, 0.25) is 0 Å². The minimum atomic E-state index is -6.00. The van der Waals surface area contributed by atoms with Crippen molar-refractivity contribution in [1.29, 1.82) is 0 Å². The first-order valence-electron chi connectivity index (χ1n) is 9.34. The highest BCUT2D eigenvalue weighted by atomic mass is 19.5. The first-order chi connectivity index (χ1) is 14.4. The number of hydrogen-bond acceptors (Lipinski definition) is 1. The molecule has 3 aromatic carbocycles. The molecule has 0 N–H and O–H groups in total. The van der Waals surface area contributed by atoms with E-state index in [9.17, 15) is 17.3 Å². The van der Waals surface area contributed by atoms with Gasteiger partial charge in [-0.3, -0.25) is 0 Å². The molecule has 0 amide bonds. The fraction of sp³-hybridized carbons (Fsp3) is 0. The van der Waals surface area contributed by atoms with Gasteiger partial charge in [0.15, 0.2) is 0 Å². The van der Waals surface area contributed by atoms with E-state index in [2.05, 4.69) is 83.3 Å². The van der Waals surface area contributed by atoms with Gasteiger partial charge in [0.2, 0.25) is 11.5 Å². The molecule has 0 radical (unpaired) electrons. The fourth-order valence-electron chi connectivity index (χ4n) is 4.03. The highest BCUT2D eigenvalue weighted by Crippen LogP contribution is 2.43. The van der Waals surface area contributed by atoms with E-state index in [0.29, 0.717) is 0 Å². The number of rotatable bonds is 1. The maximum atomic E-state index is 9.75. The summed E-state index contributed by atoms with van der Waals surface area (Å²) >= 11 is 0. The van der Waals surface area contributed by atoms with E-state index in [4.69, 9.17) is 4.42 Å². The largest absolute Gasteiger partial charge is 0.673 e. The van der Waals surface area contributed by atoms with Crippen LogP contribution >= 0.6 is 0 Å². The van der Waals surface area contributed by atoms with Gasteiger partial charge in [-0.1, -0.05) is 54.6 Å². The number of hydrogen-bond donors (Lipinski definition) is 0. The third-order valence-electron chi connectivity index (χ3n) is 5.09.